The van der Waals surface area contributed by atoms with Gasteiger partial charge in [-0.15, -0.1) is 24.0 Å². The van der Waals surface area contributed by atoms with Crippen molar-refractivity contribution >= 4 is 35.6 Å². The molecule has 2 heterocycles. The summed E-state index contributed by atoms with van der Waals surface area (Å²) in [5, 5.41) is 7.64. The van der Waals surface area contributed by atoms with Gasteiger partial charge >= 0.3 is 0 Å². The van der Waals surface area contributed by atoms with Crippen LogP contribution in [0.15, 0.2) is 41.7 Å². The predicted molar refractivity (Wildman–Crippen MR) is 118 cm³/mol. The highest BCUT2D eigenvalue weighted by Crippen LogP contribution is 2.21. The maximum atomic E-state index is 14.0. The molecule has 1 aliphatic rings. The Balaban J connectivity index is 0.00000280. The molecule has 3 rings (SSSR count). The van der Waals surface area contributed by atoms with Crippen LogP contribution >= 0.6 is 24.0 Å². The van der Waals surface area contributed by atoms with Crippen LogP contribution in [0.4, 0.5) is 14.5 Å². The van der Waals surface area contributed by atoms with E-state index in [9.17, 15) is 8.78 Å². The molecule has 0 aliphatic carbocycles. The molecule has 154 valence electrons. The van der Waals surface area contributed by atoms with Gasteiger partial charge in [0.15, 0.2) is 5.96 Å². The number of aromatic nitrogens is 2. The Morgan fingerprint density at radius 2 is 2.00 bits per heavy atom. The fraction of sp³-hybridized carbons (Fsp3) is 0.474. The molecule has 0 amide bonds. The lowest BCUT2D eigenvalue weighted by Crippen LogP contribution is -2.53. The van der Waals surface area contributed by atoms with Crippen molar-refractivity contribution in [1.82, 2.24) is 20.0 Å². The predicted octanol–water partition coefficient (Wildman–Crippen LogP) is 2.81. The number of rotatable bonds is 5. The van der Waals surface area contributed by atoms with Gasteiger partial charge in [0, 0.05) is 64.8 Å². The SMILES string of the molecule is CN=C(NCC(C)Cn1cccn1)N1CCN(c2cc(F)ccc2F)CC1.I. The topological polar surface area (TPSA) is 48.7 Å². The largest absolute Gasteiger partial charge is 0.366 e. The van der Waals surface area contributed by atoms with Gasteiger partial charge in [-0.1, -0.05) is 6.92 Å². The molecule has 28 heavy (non-hydrogen) atoms. The summed E-state index contributed by atoms with van der Waals surface area (Å²) in [4.78, 5) is 8.39. The Hall–Kier alpha value is -1.91. The van der Waals surface area contributed by atoms with Gasteiger partial charge in [-0.3, -0.25) is 9.67 Å². The summed E-state index contributed by atoms with van der Waals surface area (Å²) < 4.78 is 29.3. The monoisotopic (exact) mass is 504 g/mol. The van der Waals surface area contributed by atoms with Crippen molar-refractivity contribution in [2.45, 2.75) is 13.5 Å². The minimum Gasteiger partial charge on any atom is -0.366 e. The summed E-state index contributed by atoms with van der Waals surface area (Å²) in [5.74, 6) is 0.420. The van der Waals surface area contributed by atoms with Crippen LogP contribution in [-0.2, 0) is 6.54 Å². The lowest BCUT2D eigenvalue weighted by Gasteiger charge is -2.38. The number of benzene rings is 1. The van der Waals surface area contributed by atoms with E-state index in [1.54, 1.807) is 13.2 Å². The lowest BCUT2D eigenvalue weighted by atomic mass is 10.2. The molecule has 0 radical (unpaired) electrons. The van der Waals surface area contributed by atoms with Crippen LogP contribution in [0.5, 0.6) is 0 Å². The van der Waals surface area contributed by atoms with Gasteiger partial charge in [-0.25, -0.2) is 8.78 Å². The van der Waals surface area contributed by atoms with Crippen LogP contribution < -0.4 is 10.2 Å². The average Bonchev–Trinajstić information content (AvgIpc) is 3.18. The number of nitrogens with zero attached hydrogens (tertiary/aromatic N) is 5. The van der Waals surface area contributed by atoms with Gasteiger partial charge in [0.1, 0.15) is 11.6 Å². The number of halogens is 3. The Kier molecular flexibility index (Phi) is 8.46. The van der Waals surface area contributed by atoms with Crippen molar-refractivity contribution < 1.29 is 8.78 Å². The van der Waals surface area contributed by atoms with E-state index in [0.29, 0.717) is 37.8 Å². The van der Waals surface area contributed by atoms with E-state index < -0.39 is 5.82 Å². The Morgan fingerprint density at radius 3 is 2.64 bits per heavy atom. The Morgan fingerprint density at radius 1 is 1.25 bits per heavy atom. The zero-order valence-corrected chi connectivity index (χ0v) is 18.5. The number of aliphatic imine (C=N–C) groups is 1. The third kappa shape index (κ3) is 5.79. The van der Waals surface area contributed by atoms with Gasteiger partial charge < -0.3 is 15.1 Å². The maximum absolute atomic E-state index is 14.0. The van der Waals surface area contributed by atoms with Crippen LogP contribution in [0, 0.1) is 17.6 Å². The second-order valence-corrected chi connectivity index (χ2v) is 6.83. The molecule has 6 nitrogen and oxygen atoms in total. The van der Waals surface area contributed by atoms with E-state index >= 15 is 0 Å². The Labute approximate surface area is 181 Å². The fourth-order valence-corrected chi connectivity index (χ4v) is 3.28. The molecule has 9 heteroatoms. The second-order valence-electron chi connectivity index (χ2n) is 6.83. The van der Waals surface area contributed by atoms with E-state index in [4.69, 9.17) is 0 Å². The summed E-state index contributed by atoms with van der Waals surface area (Å²) >= 11 is 0. The third-order valence-electron chi connectivity index (χ3n) is 4.71. The molecule has 1 N–H and O–H groups in total. The van der Waals surface area contributed by atoms with E-state index in [0.717, 1.165) is 25.1 Å². The van der Waals surface area contributed by atoms with Gasteiger partial charge in [0.25, 0.3) is 0 Å². The zero-order chi connectivity index (χ0) is 19.2. The number of nitrogens with one attached hydrogen (secondary N) is 1. The van der Waals surface area contributed by atoms with E-state index in [-0.39, 0.29) is 29.8 Å². The van der Waals surface area contributed by atoms with Crippen molar-refractivity contribution in [3.05, 3.63) is 48.3 Å². The number of anilines is 1. The van der Waals surface area contributed by atoms with Crippen LogP contribution in [0.3, 0.4) is 0 Å². The van der Waals surface area contributed by atoms with Gasteiger partial charge in [0.05, 0.1) is 5.69 Å². The summed E-state index contributed by atoms with van der Waals surface area (Å²) in [5.41, 5.74) is 0.324. The quantitative estimate of drug-likeness (QED) is 0.387. The third-order valence-corrected chi connectivity index (χ3v) is 4.71. The van der Waals surface area contributed by atoms with Crippen LogP contribution in [0.2, 0.25) is 0 Å². The molecule has 1 aromatic carbocycles. The first-order valence-electron chi connectivity index (χ1n) is 9.20. The average molecular weight is 504 g/mol. The van der Waals surface area contributed by atoms with E-state index in [1.807, 2.05) is 21.8 Å². The molecular weight excluding hydrogens is 477 g/mol. The van der Waals surface area contributed by atoms with Crippen molar-refractivity contribution in [3.63, 3.8) is 0 Å². The summed E-state index contributed by atoms with van der Waals surface area (Å²) in [6.07, 6.45) is 3.73. The molecule has 1 atom stereocenters. The van der Waals surface area contributed by atoms with Crippen LogP contribution in [0.25, 0.3) is 0 Å². The van der Waals surface area contributed by atoms with Gasteiger partial charge in [-0.2, -0.15) is 5.10 Å². The van der Waals surface area contributed by atoms with Crippen LogP contribution in [-0.4, -0.2) is 60.4 Å². The number of guanidine groups is 1. The highest BCUT2D eigenvalue weighted by atomic mass is 127. The highest BCUT2D eigenvalue weighted by molar-refractivity contribution is 14.0. The van der Waals surface area contributed by atoms with Gasteiger partial charge in [0.2, 0.25) is 0 Å². The van der Waals surface area contributed by atoms with Crippen molar-refractivity contribution in [2.75, 3.05) is 44.7 Å². The zero-order valence-electron chi connectivity index (χ0n) is 16.2. The molecule has 0 saturated carbocycles. The first-order valence-corrected chi connectivity index (χ1v) is 9.20. The molecule has 1 unspecified atom stereocenters. The molecule has 1 aromatic heterocycles. The lowest BCUT2D eigenvalue weighted by molar-refractivity contribution is 0.362. The number of hydrogen-bond donors (Lipinski definition) is 1. The number of piperazine rings is 1. The molecular formula is C19H27F2IN6. The molecule has 1 saturated heterocycles. The van der Waals surface area contributed by atoms with Crippen molar-refractivity contribution in [1.29, 1.82) is 0 Å². The summed E-state index contributed by atoms with van der Waals surface area (Å²) in [7, 11) is 1.76. The molecule has 2 aromatic rings. The van der Waals surface area contributed by atoms with Crippen molar-refractivity contribution in [2.24, 2.45) is 10.9 Å². The highest BCUT2D eigenvalue weighted by Gasteiger charge is 2.22. The van der Waals surface area contributed by atoms with Crippen LogP contribution in [0.1, 0.15) is 6.92 Å². The minimum absolute atomic E-state index is 0. The number of hydrogen-bond acceptors (Lipinski definition) is 3. The first-order chi connectivity index (χ1) is 13.1. The Bertz CT molecular complexity index is 760. The normalized spacial score (nSPS) is 15.9. The van der Waals surface area contributed by atoms with E-state index in [1.165, 1.54) is 12.1 Å². The first kappa shape index (κ1) is 22.4. The van der Waals surface area contributed by atoms with E-state index in [2.05, 4.69) is 27.2 Å². The second kappa shape index (κ2) is 10.6. The van der Waals surface area contributed by atoms with Gasteiger partial charge in [-0.05, 0) is 24.1 Å². The molecule has 0 spiro atoms. The standard InChI is InChI=1S/C19H26F2N6.HI/c1-15(14-27-7-3-6-24-27)13-23-19(22-2)26-10-8-25(9-11-26)18-12-16(20)4-5-17(18)21;/h3-7,12,15H,8-11,13-14H2,1-2H3,(H,22,23);1H. The molecule has 0 bridgehead atoms. The summed E-state index contributed by atoms with van der Waals surface area (Å²) in [6, 6.07) is 5.50. The fourth-order valence-electron chi connectivity index (χ4n) is 3.28. The minimum atomic E-state index is -0.419. The summed E-state index contributed by atoms with van der Waals surface area (Å²) in [6.45, 7) is 6.40. The van der Waals surface area contributed by atoms with Crippen molar-refractivity contribution in [3.8, 4) is 0 Å². The smallest absolute Gasteiger partial charge is 0.193 e. The molecule has 1 fully saturated rings. The maximum Gasteiger partial charge on any atom is 0.193 e. The molecule has 1 aliphatic heterocycles.